The number of benzene rings is 1. The lowest BCUT2D eigenvalue weighted by Crippen LogP contribution is -2.06. The molecule has 6 heteroatoms. The first-order chi connectivity index (χ1) is 8.70. The van der Waals surface area contributed by atoms with Crippen LogP contribution in [0.15, 0.2) is 18.2 Å². The van der Waals surface area contributed by atoms with Crippen LogP contribution in [0, 0.1) is 16.0 Å². The van der Waals surface area contributed by atoms with E-state index in [2.05, 4.69) is 0 Å². The number of nitrogens with zero attached hydrogens (tertiary/aromatic N) is 1. The van der Waals surface area contributed by atoms with E-state index in [1.165, 1.54) is 18.9 Å². The molecule has 98 valence electrons. The first-order valence-electron chi connectivity index (χ1n) is 5.74. The number of nitro benzene ring substituents is 1. The number of hydrogen-bond acceptors (Lipinski definition) is 4. The van der Waals surface area contributed by atoms with E-state index in [1.807, 2.05) is 0 Å². The van der Waals surface area contributed by atoms with Gasteiger partial charge in [-0.05, 0) is 30.4 Å². The van der Waals surface area contributed by atoms with Crippen molar-refractivity contribution in [2.75, 3.05) is 13.4 Å². The minimum atomic E-state index is -0.478. The molecule has 1 aliphatic rings. The SMILES string of the molecule is O=[N+]([O-])c1ccc(CCl)cc1OCOCC1CC1. The zero-order valence-electron chi connectivity index (χ0n) is 9.80. The maximum absolute atomic E-state index is 10.8. The Balaban J connectivity index is 1.95. The fourth-order valence-corrected chi connectivity index (χ4v) is 1.68. The highest BCUT2D eigenvalue weighted by Crippen LogP contribution is 2.30. The molecule has 2 rings (SSSR count). The van der Waals surface area contributed by atoms with Gasteiger partial charge in [0.15, 0.2) is 12.5 Å². The molecule has 0 spiro atoms. The van der Waals surface area contributed by atoms with Crippen molar-refractivity contribution in [1.29, 1.82) is 0 Å². The molecule has 0 bridgehead atoms. The normalized spacial score (nSPS) is 14.5. The van der Waals surface area contributed by atoms with E-state index >= 15 is 0 Å². The van der Waals surface area contributed by atoms with Crippen molar-refractivity contribution in [3.05, 3.63) is 33.9 Å². The maximum Gasteiger partial charge on any atom is 0.311 e. The smallest absolute Gasteiger partial charge is 0.311 e. The van der Waals surface area contributed by atoms with Crippen LogP contribution in [-0.2, 0) is 10.6 Å². The van der Waals surface area contributed by atoms with Crippen LogP contribution in [0.1, 0.15) is 18.4 Å². The number of ether oxygens (including phenoxy) is 2. The number of halogens is 1. The van der Waals surface area contributed by atoms with E-state index in [1.54, 1.807) is 12.1 Å². The minimum absolute atomic E-state index is 0.0308. The molecule has 18 heavy (non-hydrogen) atoms. The quantitative estimate of drug-likeness (QED) is 0.251. The molecule has 0 amide bonds. The standard InChI is InChI=1S/C12H14ClNO4/c13-6-10-3-4-11(14(15)16)12(5-10)18-8-17-7-9-1-2-9/h3-5,9H,1-2,6-8H2. The lowest BCUT2D eigenvalue weighted by molar-refractivity contribution is -0.386. The molecule has 0 atom stereocenters. The van der Waals surface area contributed by atoms with Gasteiger partial charge >= 0.3 is 5.69 Å². The molecule has 0 aliphatic heterocycles. The van der Waals surface area contributed by atoms with Gasteiger partial charge in [-0.15, -0.1) is 11.6 Å². The molecule has 0 saturated heterocycles. The summed E-state index contributed by atoms with van der Waals surface area (Å²) in [4.78, 5) is 10.3. The lowest BCUT2D eigenvalue weighted by Gasteiger charge is -2.08. The monoisotopic (exact) mass is 271 g/mol. The number of alkyl halides is 1. The summed E-state index contributed by atoms with van der Waals surface area (Å²) in [5, 5.41) is 10.8. The summed E-state index contributed by atoms with van der Waals surface area (Å²) in [7, 11) is 0. The molecule has 0 unspecified atom stereocenters. The van der Waals surface area contributed by atoms with Crippen molar-refractivity contribution in [2.24, 2.45) is 5.92 Å². The predicted octanol–water partition coefficient (Wildman–Crippen LogP) is 3.10. The van der Waals surface area contributed by atoms with Crippen LogP contribution in [0.4, 0.5) is 5.69 Å². The molecule has 1 fully saturated rings. The topological polar surface area (TPSA) is 61.6 Å². The van der Waals surface area contributed by atoms with Crippen LogP contribution in [-0.4, -0.2) is 18.3 Å². The first-order valence-corrected chi connectivity index (χ1v) is 6.28. The molecule has 0 radical (unpaired) electrons. The van der Waals surface area contributed by atoms with Gasteiger partial charge in [0.25, 0.3) is 0 Å². The van der Waals surface area contributed by atoms with Crippen molar-refractivity contribution in [2.45, 2.75) is 18.7 Å². The second-order valence-corrected chi connectivity index (χ2v) is 4.54. The summed E-state index contributed by atoms with van der Waals surface area (Å²) in [6.07, 6.45) is 2.39. The molecule has 5 nitrogen and oxygen atoms in total. The zero-order valence-corrected chi connectivity index (χ0v) is 10.6. The second-order valence-electron chi connectivity index (χ2n) is 4.27. The number of rotatable bonds is 7. The average Bonchev–Trinajstić information content (AvgIpc) is 3.18. The Labute approximate surface area is 110 Å². The van der Waals surface area contributed by atoms with Crippen molar-refractivity contribution >= 4 is 17.3 Å². The van der Waals surface area contributed by atoms with Crippen molar-refractivity contribution in [1.82, 2.24) is 0 Å². The third-order valence-electron chi connectivity index (χ3n) is 2.72. The molecule has 1 aliphatic carbocycles. The largest absolute Gasteiger partial charge is 0.460 e. The summed E-state index contributed by atoms with van der Waals surface area (Å²) < 4.78 is 10.6. The minimum Gasteiger partial charge on any atom is -0.460 e. The molecule has 0 heterocycles. The van der Waals surface area contributed by atoms with Gasteiger partial charge in [0.2, 0.25) is 0 Å². The average molecular weight is 272 g/mol. The molecule has 0 aromatic heterocycles. The van der Waals surface area contributed by atoms with Gasteiger partial charge in [0.1, 0.15) is 0 Å². The highest BCUT2D eigenvalue weighted by atomic mass is 35.5. The Hall–Kier alpha value is -1.33. The fraction of sp³-hybridized carbons (Fsp3) is 0.500. The Morgan fingerprint density at radius 3 is 2.83 bits per heavy atom. The molecule has 1 aromatic rings. The van der Waals surface area contributed by atoms with Gasteiger partial charge in [0.05, 0.1) is 11.5 Å². The van der Waals surface area contributed by atoms with Gasteiger partial charge in [-0.1, -0.05) is 6.07 Å². The third-order valence-corrected chi connectivity index (χ3v) is 3.03. The van der Waals surface area contributed by atoms with E-state index < -0.39 is 4.92 Å². The molecule has 0 N–H and O–H groups in total. The Morgan fingerprint density at radius 2 is 2.22 bits per heavy atom. The van der Waals surface area contributed by atoms with Gasteiger partial charge in [0, 0.05) is 11.9 Å². The highest BCUT2D eigenvalue weighted by Gasteiger charge is 2.21. The summed E-state index contributed by atoms with van der Waals surface area (Å²) in [5.74, 6) is 1.13. The zero-order chi connectivity index (χ0) is 13.0. The van der Waals surface area contributed by atoms with Gasteiger partial charge in [-0.25, -0.2) is 0 Å². The molecular formula is C12H14ClNO4. The van der Waals surface area contributed by atoms with Gasteiger partial charge in [-0.2, -0.15) is 0 Å². The van der Waals surface area contributed by atoms with Crippen LogP contribution in [0.3, 0.4) is 0 Å². The van der Waals surface area contributed by atoms with E-state index in [0.29, 0.717) is 12.5 Å². The fourth-order valence-electron chi connectivity index (χ4n) is 1.51. The van der Waals surface area contributed by atoms with E-state index in [9.17, 15) is 10.1 Å². The second kappa shape index (κ2) is 6.02. The van der Waals surface area contributed by atoms with E-state index in [4.69, 9.17) is 21.1 Å². The molecule has 1 saturated carbocycles. The van der Waals surface area contributed by atoms with Crippen molar-refractivity contribution in [3.63, 3.8) is 0 Å². The van der Waals surface area contributed by atoms with Crippen LogP contribution in [0.2, 0.25) is 0 Å². The van der Waals surface area contributed by atoms with Gasteiger partial charge in [-0.3, -0.25) is 10.1 Å². The Morgan fingerprint density at radius 1 is 1.44 bits per heavy atom. The first kappa shape index (κ1) is 13.1. The van der Waals surface area contributed by atoms with Crippen LogP contribution in [0.5, 0.6) is 5.75 Å². The third kappa shape index (κ3) is 3.58. The Bertz CT molecular complexity index is 434. The molecular weight excluding hydrogens is 258 g/mol. The van der Waals surface area contributed by atoms with Crippen LogP contribution in [0.25, 0.3) is 0 Å². The Kier molecular flexibility index (Phi) is 4.38. The summed E-state index contributed by atoms with van der Waals surface area (Å²) in [6, 6.07) is 4.59. The van der Waals surface area contributed by atoms with Crippen molar-refractivity contribution < 1.29 is 14.4 Å². The lowest BCUT2D eigenvalue weighted by atomic mass is 10.2. The number of nitro groups is 1. The van der Waals surface area contributed by atoms with Crippen molar-refractivity contribution in [3.8, 4) is 5.75 Å². The maximum atomic E-state index is 10.8. The summed E-state index contributed by atoms with van der Waals surface area (Å²) in [5.41, 5.74) is 0.707. The summed E-state index contributed by atoms with van der Waals surface area (Å²) in [6.45, 7) is 0.687. The van der Waals surface area contributed by atoms with Crippen LogP contribution >= 0.6 is 11.6 Å². The van der Waals surface area contributed by atoms with E-state index in [-0.39, 0.29) is 24.1 Å². The number of hydrogen-bond donors (Lipinski definition) is 0. The molecule has 1 aromatic carbocycles. The highest BCUT2D eigenvalue weighted by molar-refractivity contribution is 6.17. The van der Waals surface area contributed by atoms with E-state index in [0.717, 1.165) is 5.56 Å². The predicted molar refractivity (Wildman–Crippen MR) is 66.8 cm³/mol. The van der Waals surface area contributed by atoms with Gasteiger partial charge < -0.3 is 9.47 Å². The summed E-state index contributed by atoms with van der Waals surface area (Å²) >= 11 is 5.69. The van der Waals surface area contributed by atoms with Crippen LogP contribution < -0.4 is 4.74 Å².